The smallest absolute Gasteiger partial charge is 0.223 e. The third-order valence-corrected chi connectivity index (χ3v) is 2.52. The predicted octanol–water partition coefficient (Wildman–Crippen LogP) is 1.84. The van der Waals surface area contributed by atoms with Crippen LogP contribution in [0, 0.1) is 0 Å². The first-order valence-electron chi connectivity index (χ1n) is 4.21. The van der Waals surface area contributed by atoms with E-state index in [-0.39, 0.29) is 5.78 Å². The molecule has 1 aliphatic rings. The number of methoxy groups -OCH3 is 1. The van der Waals surface area contributed by atoms with Gasteiger partial charge in [-0.05, 0) is 12.1 Å². The fraction of sp³-hybridized carbons (Fsp3) is 0.300. The van der Waals surface area contributed by atoms with Crippen molar-refractivity contribution in [1.29, 1.82) is 0 Å². The first kappa shape index (κ1) is 9.49. The average molecular weight is 213 g/mol. The van der Waals surface area contributed by atoms with Gasteiger partial charge >= 0.3 is 0 Å². The predicted molar refractivity (Wildman–Crippen MR) is 51.8 cm³/mol. The summed E-state index contributed by atoms with van der Waals surface area (Å²) in [7, 11) is 1.46. The van der Waals surface area contributed by atoms with Crippen molar-refractivity contribution in [2.24, 2.45) is 0 Å². The van der Waals surface area contributed by atoms with Gasteiger partial charge in [0.25, 0.3) is 0 Å². The van der Waals surface area contributed by atoms with Crippen LogP contribution in [0.4, 0.5) is 0 Å². The minimum absolute atomic E-state index is 0.152. The molecular formula is C10H9ClO3. The molecule has 4 heteroatoms. The van der Waals surface area contributed by atoms with Gasteiger partial charge in [0.15, 0.2) is 11.2 Å². The van der Waals surface area contributed by atoms with E-state index in [1.807, 2.05) is 0 Å². The summed E-state index contributed by atoms with van der Waals surface area (Å²) >= 11 is 5.86. The molecule has 1 aliphatic heterocycles. The van der Waals surface area contributed by atoms with E-state index in [0.717, 1.165) is 0 Å². The van der Waals surface area contributed by atoms with Crippen molar-refractivity contribution in [3.63, 3.8) is 0 Å². The van der Waals surface area contributed by atoms with Gasteiger partial charge in [-0.2, -0.15) is 0 Å². The number of halogens is 1. The van der Waals surface area contributed by atoms with E-state index in [1.54, 1.807) is 24.3 Å². The van der Waals surface area contributed by atoms with E-state index < -0.39 is 11.7 Å². The van der Waals surface area contributed by atoms with E-state index in [4.69, 9.17) is 21.1 Å². The van der Waals surface area contributed by atoms with Gasteiger partial charge in [0, 0.05) is 7.11 Å². The van der Waals surface area contributed by atoms with Crippen LogP contribution in [0.5, 0.6) is 5.75 Å². The Labute approximate surface area is 86.6 Å². The van der Waals surface area contributed by atoms with Crippen molar-refractivity contribution < 1.29 is 14.3 Å². The molecule has 0 fully saturated rings. The first-order chi connectivity index (χ1) is 6.74. The third kappa shape index (κ3) is 1.38. The average Bonchev–Trinajstić information content (AvgIpc) is 2.23. The molecule has 2 rings (SSSR count). The first-order valence-corrected chi connectivity index (χ1v) is 4.64. The number of rotatable bonds is 1. The maximum atomic E-state index is 11.7. The summed E-state index contributed by atoms with van der Waals surface area (Å²) in [4.78, 5) is 11.7. The summed E-state index contributed by atoms with van der Waals surface area (Å²) < 4.78 is 10.3. The van der Waals surface area contributed by atoms with E-state index in [0.29, 0.717) is 11.3 Å². The van der Waals surface area contributed by atoms with Gasteiger partial charge in [0.05, 0.1) is 5.56 Å². The van der Waals surface area contributed by atoms with Crippen LogP contribution in [-0.2, 0) is 4.74 Å². The fourth-order valence-electron chi connectivity index (χ4n) is 1.40. The molecule has 0 spiro atoms. The Morgan fingerprint density at radius 1 is 1.43 bits per heavy atom. The lowest BCUT2D eigenvalue weighted by atomic mass is 10.0. The van der Waals surface area contributed by atoms with Gasteiger partial charge in [-0.15, -0.1) is 11.6 Å². The number of carbonyl (C=O) groups is 1. The zero-order chi connectivity index (χ0) is 10.1. The Balaban J connectivity index is 2.42. The summed E-state index contributed by atoms with van der Waals surface area (Å²) in [6, 6.07) is 6.99. The van der Waals surface area contributed by atoms with Gasteiger partial charge in [-0.25, -0.2) is 0 Å². The molecule has 0 aliphatic carbocycles. The van der Waals surface area contributed by atoms with Crippen molar-refractivity contribution >= 4 is 17.4 Å². The summed E-state index contributed by atoms with van der Waals surface area (Å²) in [5, 5.41) is -0.769. The molecule has 14 heavy (non-hydrogen) atoms. The van der Waals surface area contributed by atoms with Crippen molar-refractivity contribution in [3.8, 4) is 5.75 Å². The number of hydrogen-bond donors (Lipinski definition) is 0. The maximum Gasteiger partial charge on any atom is 0.223 e. The van der Waals surface area contributed by atoms with Crippen LogP contribution in [0.2, 0.25) is 0 Å². The Bertz CT molecular complexity index is 364. The second kappa shape index (κ2) is 3.59. The molecule has 0 N–H and O–H groups in total. The van der Waals surface area contributed by atoms with E-state index in [2.05, 4.69) is 0 Å². The largest absolute Gasteiger partial charge is 0.462 e. The molecule has 0 radical (unpaired) electrons. The minimum Gasteiger partial charge on any atom is -0.462 e. The fourth-order valence-corrected chi connectivity index (χ4v) is 1.67. The highest BCUT2D eigenvalue weighted by atomic mass is 35.5. The Kier molecular flexibility index (Phi) is 2.44. The molecule has 2 atom stereocenters. The van der Waals surface area contributed by atoms with Crippen LogP contribution in [0.25, 0.3) is 0 Å². The molecule has 0 bridgehead atoms. The Morgan fingerprint density at radius 2 is 2.14 bits per heavy atom. The van der Waals surface area contributed by atoms with E-state index in [9.17, 15) is 4.79 Å². The lowest BCUT2D eigenvalue weighted by Gasteiger charge is -2.27. The number of benzene rings is 1. The highest BCUT2D eigenvalue weighted by Crippen LogP contribution is 2.29. The SMILES string of the molecule is CO[C@@H]1Oc2ccccc2C(=O)[C@@H]1Cl. The van der Waals surface area contributed by atoms with Gasteiger partial charge < -0.3 is 9.47 Å². The molecule has 1 aromatic carbocycles. The molecular weight excluding hydrogens is 204 g/mol. The number of Topliss-reactive ketones (excluding diaryl/α,β-unsaturated/α-hetero) is 1. The molecule has 0 saturated heterocycles. The van der Waals surface area contributed by atoms with Gasteiger partial charge in [-0.1, -0.05) is 12.1 Å². The van der Waals surface area contributed by atoms with Crippen LogP contribution >= 0.6 is 11.6 Å². The number of hydrogen-bond acceptors (Lipinski definition) is 3. The van der Waals surface area contributed by atoms with Crippen LogP contribution in [0.15, 0.2) is 24.3 Å². The lowest BCUT2D eigenvalue weighted by Crippen LogP contribution is -2.39. The van der Waals surface area contributed by atoms with Crippen LogP contribution in [-0.4, -0.2) is 24.6 Å². The number of ketones is 1. The summed E-state index contributed by atoms with van der Waals surface area (Å²) in [5.41, 5.74) is 0.515. The summed E-state index contributed by atoms with van der Waals surface area (Å²) in [6.07, 6.45) is -0.695. The standard InChI is InChI=1S/C10H9ClO3/c1-13-10-8(11)9(12)6-4-2-3-5-7(6)14-10/h2-5,8,10H,1H3/t8-,10+/m0/s1. The van der Waals surface area contributed by atoms with Gasteiger partial charge in [-0.3, -0.25) is 4.79 Å². The minimum atomic E-state index is -0.769. The van der Waals surface area contributed by atoms with Crippen molar-refractivity contribution in [2.75, 3.05) is 7.11 Å². The van der Waals surface area contributed by atoms with Crippen LogP contribution in [0.3, 0.4) is 0 Å². The highest BCUT2D eigenvalue weighted by Gasteiger charge is 2.35. The number of alkyl halides is 1. The van der Waals surface area contributed by atoms with E-state index in [1.165, 1.54) is 7.11 Å². The summed E-state index contributed by atoms with van der Waals surface area (Å²) in [6.45, 7) is 0. The molecule has 1 heterocycles. The number of fused-ring (bicyclic) bond motifs is 1. The van der Waals surface area contributed by atoms with Gasteiger partial charge in [0.2, 0.25) is 6.29 Å². The third-order valence-electron chi connectivity index (χ3n) is 2.12. The molecule has 74 valence electrons. The molecule has 1 aromatic rings. The van der Waals surface area contributed by atoms with Crippen molar-refractivity contribution in [2.45, 2.75) is 11.7 Å². The topological polar surface area (TPSA) is 35.5 Å². The normalized spacial score (nSPS) is 25.4. The van der Waals surface area contributed by atoms with Crippen LogP contribution < -0.4 is 4.74 Å². The lowest BCUT2D eigenvalue weighted by molar-refractivity contribution is -0.0548. The molecule has 0 aromatic heterocycles. The second-order valence-corrected chi connectivity index (χ2v) is 3.45. The van der Waals surface area contributed by atoms with Gasteiger partial charge in [0.1, 0.15) is 5.75 Å². The molecule has 0 saturated carbocycles. The molecule has 3 nitrogen and oxygen atoms in total. The van der Waals surface area contributed by atoms with E-state index >= 15 is 0 Å². The van der Waals surface area contributed by atoms with Crippen molar-refractivity contribution in [1.82, 2.24) is 0 Å². The quantitative estimate of drug-likeness (QED) is 0.667. The Morgan fingerprint density at radius 3 is 2.86 bits per heavy atom. The monoisotopic (exact) mass is 212 g/mol. The molecule has 0 amide bonds. The highest BCUT2D eigenvalue weighted by molar-refractivity contribution is 6.35. The molecule has 0 unspecified atom stereocenters. The second-order valence-electron chi connectivity index (χ2n) is 2.98. The zero-order valence-electron chi connectivity index (χ0n) is 7.57. The number of carbonyl (C=O) groups excluding carboxylic acids is 1. The number of ether oxygens (including phenoxy) is 2. The number of para-hydroxylation sites is 1. The Hall–Kier alpha value is -1.06. The van der Waals surface area contributed by atoms with Crippen molar-refractivity contribution in [3.05, 3.63) is 29.8 Å². The van der Waals surface area contributed by atoms with Crippen LogP contribution in [0.1, 0.15) is 10.4 Å². The zero-order valence-corrected chi connectivity index (χ0v) is 8.32. The summed E-state index contributed by atoms with van der Waals surface area (Å²) in [5.74, 6) is 0.376. The maximum absolute atomic E-state index is 11.7.